The van der Waals surface area contributed by atoms with E-state index in [2.05, 4.69) is 26.8 Å². The lowest BCUT2D eigenvalue weighted by molar-refractivity contribution is 0.255. The smallest absolute Gasteiger partial charge is 0.108 e. The minimum atomic E-state index is 0.631. The van der Waals surface area contributed by atoms with Gasteiger partial charge >= 0.3 is 0 Å². The van der Waals surface area contributed by atoms with Crippen LogP contribution in [0.5, 0.6) is 0 Å². The highest BCUT2D eigenvalue weighted by atomic mass is 16.3. The normalized spacial score (nSPS) is 32.9. The molecule has 1 aromatic heterocycles. The van der Waals surface area contributed by atoms with Crippen molar-refractivity contribution >= 4 is 0 Å². The van der Waals surface area contributed by atoms with Gasteiger partial charge in [-0.2, -0.15) is 0 Å². The summed E-state index contributed by atoms with van der Waals surface area (Å²) in [7, 11) is 0. The molecule has 2 unspecified atom stereocenters. The Morgan fingerprint density at radius 2 is 2.12 bits per heavy atom. The van der Waals surface area contributed by atoms with Crippen LogP contribution in [0.4, 0.5) is 0 Å². The SMILES string of the molecule is CC1=CC2c3c(C)coc3C[C@H](C)C2CC1. The summed E-state index contributed by atoms with van der Waals surface area (Å²) in [6, 6.07) is 0. The third-order valence-electron chi connectivity index (χ3n) is 4.47. The Balaban J connectivity index is 2.12. The molecule has 0 N–H and O–H groups in total. The fraction of sp³-hybridized carbons (Fsp3) is 0.600. The number of allylic oxidation sites excluding steroid dienone is 2. The van der Waals surface area contributed by atoms with Crippen molar-refractivity contribution in [2.75, 3.05) is 0 Å². The molecule has 1 heterocycles. The van der Waals surface area contributed by atoms with Crippen LogP contribution >= 0.6 is 0 Å². The minimum Gasteiger partial charge on any atom is -0.469 e. The maximum absolute atomic E-state index is 5.71. The first kappa shape index (κ1) is 10.2. The van der Waals surface area contributed by atoms with Crippen molar-refractivity contribution in [2.24, 2.45) is 11.8 Å². The molecule has 0 saturated heterocycles. The van der Waals surface area contributed by atoms with Gasteiger partial charge in [0.25, 0.3) is 0 Å². The number of aryl methyl sites for hydroxylation is 1. The van der Waals surface area contributed by atoms with Gasteiger partial charge in [0.1, 0.15) is 5.76 Å². The molecule has 3 rings (SSSR count). The molecule has 0 spiro atoms. The number of hydrogen-bond acceptors (Lipinski definition) is 1. The molecule has 0 radical (unpaired) electrons. The summed E-state index contributed by atoms with van der Waals surface area (Å²) in [5.41, 5.74) is 4.41. The molecule has 2 aliphatic rings. The van der Waals surface area contributed by atoms with Gasteiger partial charge in [-0.05, 0) is 44.1 Å². The van der Waals surface area contributed by atoms with Gasteiger partial charge in [-0.15, -0.1) is 0 Å². The van der Waals surface area contributed by atoms with Gasteiger partial charge in [-0.3, -0.25) is 0 Å². The average Bonchev–Trinajstić information content (AvgIpc) is 2.60. The Morgan fingerprint density at radius 1 is 1.31 bits per heavy atom. The van der Waals surface area contributed by atoms with Crippen LogP contribution in [0, 0.1) is 18.8 Å². The number of furan rings is 1. The molecule has 1 nitrogen and oxygen atoms in total. The van der Waals surface area contributed by atoms with Crippen molar-refractivity contribution < 1.29 is 4.42 Å². The highest BCUT2D eigenvalue weighted by Crippen LogP contribution is 2.47. The Morgan fingerprint density at radius 3 is 2.94 bits per heavy atom. The van der Waals surface area contributed by atoms with Gasteiger partial charge in [0.05, 0.1) is 6.26 Å². The van der Waals surface area contributed by atoms with Gasteiger partial charge in [0, 0.05) is 17.9 Å². The standard InChI is InChI=1S/C15H20O/c1-9-4-5-12-10(2)7-14-15(13(12)6-9)11(3)8-16-14/h6,8,10,12-13H,4-5,7H2,1-3H3/t10-,12?,13?/m0/s1. The first-order valence-corrected chi connectivity index (χ1v) is 6.41. The third-order valence-corrected chi connectivity index (χ3v) is 4.47. The van der Waals surface area contributed by atoms with Crippen LogP contribution in [-0.4, -0.2) is 0 Å². The maximum Gasteiger partial charge on any atom is 0.108 e. The van der Waals surface area contributed by atoms with E-state index < -0.39 is 0 Å². The molecule has 0 bridgehead atoms. The largest absolute Gasteiger partial charge is 0.469 e. The molecule has 0 aliphatic heterocycles. The Labute approximate surface area is 97.5 Å². The number of rotatable bonds is 0. The van der Waals surface area contributed by atoms with E-state index in [1.807, 2.05) is 6.26 Å². The predicted molar refractivity (Wildman–Crippen MR) is 65.5 cm³/mol. The molecule has 0 amide bonds. The van der Waals surface area contributed by atoms with Gasteiger partial charge in [0.15, 0.2) is 0 Å². The molecule has 3 atom stereocenters. The summed E-state index contributed by atoms with van der Waals surface area (Å²) in [6.45, 7) is 6.84. The van der Waals surface area contributed by atoms with E-state index in [1.54, 1.807) is 5.57 Å². The van der Waals surface area contributed by atoms with Crippen molar-refractivity contribution in [2.45, 2.75) is 46.0 Å². The second-order valence-electron chi connectivity index (χ2n) is 5.68. The third kappa shape index (κ3) is 1.37. The predicted octanol–water partition coefficient (Wildman–Crippen LogP) is 4.22. The van der Waals surface area contributed by atoms with Crippen molar-refractivity contribution in [1.82, 2.24) is 0 Å². The Bertz CT molecular complexity index is 438. The second-order valence-corrected chi connectivity index (χ2v) is 5.68. The summed E-state index contributed by atoms with van der Waals surface area (Å²) in [6.07, 6.45) is 8.22. The summed E-state index contributed by atoms with van der Waals surface area (Å²) in [5, 5.41) is 0. The monoisotopic (exact) mass is 216 g/mol. The van der Waals surface area contributed by atoms with Crippen LogP contribution in [0.25, 0.3) is 0 Å². The highest BCUT2D eigenvalue weighted by molar-refractivity contribution is 5.39. The quantitative estimate of drug-likeness (QED) is 0.592. The van der Waals surface area contributed by atoms with Crippen LogP contribution in [0.3, 0.4) is 0 Å². The molecular weight excluding hydrogens is 196 g/mol. The van der Waals surface area contributed by atoms with Crippen LogP contribution in [0.1, 0.15) is 49.5 Å². The van der Waals surface area contributed by atoms with Gasteiger partial charge in [0.2, 0.25) is 0 Å². The van der Waals surface area contributed by atoms with Crippen LogP contribution in [0.15, 0.2) is 22.3 Å². The molecular formula is C15H20O. The van der Waals surface area contributed by atoms with Crippen molar-refractivity contribution in [3.63, 3.8) is 0 Å². The van der Waals surface area contributed by atoms with Gasteiger partial charge in [-0.25, -0.2) is 0 Å². The first-order valence-electron chi connectivity index (χ1n) is 6.41. The molecule has 2 aliphatic carbocycles. The van der Waals surface area contributed by atoms with E-state index in [4.69, 9.17) is 4.42 Å². The van der Waals surface area contributed by atoms with Gasteiger partial charge in [-0.1, -0.05) is 18.6 Å². The van der Waals surface area contributed by atoms with E-state index in [9.17, 15) is 0 Å². The van der Waals surface area contributed by atoms with Gasteiger partial charge < -0.3 is 4.42 Å². The van der Waals surface area contributed by atoms with Crippen molar-refractivity contribution in [3.05, 3.63) is 34.8 Å². The van der Waals surface area contributed by atoms with E-state index >= 15 is 0 Å². The van der Waals surface area contributed by atoms with E-state index in [0.717, 1.165) is 18.3 Å². The van der Waals surface area contributed by atoms with E-state index in [-0.39, 0.29) is 0 Å². The van der Waals surface area contributed by atoms with Crippen LogP contribution < -0.4 is 0 Å². The summed E-state index contributed by atoms with van der Waals surface area (Å²) in [5.74, 6) is 3.49. The first-order chi connectivity index (χ1) is 7.66. The highest BCUT2D eigenvalue weighted by Gasteiger charge is 2.37. The zero-order valence-electron chi connectivity index (χ0n) is 10.4. The molecule has 16 heavy (non-hydrogen) atoms. The molecule has 0 aromatic carbocycles. The lowest BCUT2D eigenvalue weighted by atomic mass is 9.66. The maximum atomic E-state index is 5.71. The Kier molecular flexibility index (Phi) is 2.24. The molecule has 1 heteroatoms. The fourth-order valence-electron chi connectivity index (χ4n) is 3.58. The molecule has 0 fully saturated rings. The van der Waals surface area contributed by atoms with Crippen molar-refractivity contribution in [3.8, 4) is 0 Å². The fourth-order valence-corrected chi connectivity index (χ4v) is 3.58. The summed E-state index contributed by atoms with van der Waals surface area (Å²) >= 11 is 0. The minimum absolute atomic E-state index is 0.631. The number of hydrogen-bond donors (Lipinski definition) is 0. The lowest BCUT2D eigenvalue weighted by Crippen LogP contribution is -2.29. The summed E-state index contributed by atoms with van der Waals surface area (Å²) in [4.78, 5) is 0. The average molecular weight is 216 g/mol. The van der Waals surface area contributed by atoms with Crippen LogP contribution in [0.2, 0.25) is 0 Å². The molecule has 86 valence electrons. The molecule has 0 saturated carbocycles. The second kappa shape index (κ2) is 3.51. The topological polar surface area (TPSA) is 13.1 Å². The zero-order valence-corrected chi connectivity index (χ0v) is 10.4. The van der Waals surface area contributed by atoms with Crippen LogP contribution in [-0.2, 0) is 6.42 Å². The van der Waals surface area contributed by atoms with Crippen molar-refractivity contribution in [1.29, 1.82) is 0 Å². The van der Waals surface area contributed by atoms with E-state index in [1.165, 1.54) is 29.7 Å². The summed E-state index contributed by atoms with van der Waals surface area (Å²) < 4.78 is 5.71. The zero-order chi connectivity index (χ0) is 11.3. The lowest BCUT2D eigenvalue weighted by Gasteiger charge is -2.38. The Hall–Kier alpha value is -0.980. The van der Waals surface area contributed by atoms with E-state index in [0.29, 0.717) is 5.92 Å². The number of fused-ring (bicyclic) bond motifs is 3. The molecule has 1 aromatic rings.